The maximum atomic E-state index is 12.7. The van der Waals surface area contributed by atoms with Crippen LogP contribution in [0.2, 0.25) is 0 Å². The molecule has 0 aliphatic carbocycles. The molecular weight excluding hydrogens is 400 g/mol. The van der Waals surface area contributed by atoms with Gasteiger partial charge in [0.1, 0.15) is 16.9 Å². The quantitative estimate of drug-likeness (QED) is 0.381. The summed E-state index contributed by atoms with van der Waals surface area (Å²) in [5, 5.41) is 0.673. The number of carbonyl (C=O) groups is 2. The minimum Gasteiger partial charge on any atom is -0.481 e. The van der Waals surface area contributed by atoms with Crippen molar-refractivity contribution in [3.05, 3.63) is 51.9 Å². The lowest BCUT2D eigenvalue weighted by atomic mass is 9.92. The van der Waals surface area contributed by atoms with E-state index in [2.05, 4.69) is 0 Å². The van der Waals surface area contributed by atoms with Gasteiger partial charge in [-0.15, -0.1) is 0 Å². The fraction of sp³-hybridized carbons (Fsp3) is 0.458. The topological polar surface area (TPSA) is 92.0 Å². The molecule has 0 N–H and O–H groups in total. The molecule has 3 atom stereocenters. The molecule has 0 bridgehead atoms. The number of hydrogen-bond donors (Lipinski definition) is 0. The van der Waals surface area contributed by atoms with Gasteiger partial charge in [-0.2, -0.15) is 0 Å². The predicted molar refractivity (Wildman–Crippen MR) is 115 cm³/mol. The summed E-state index contributed by atoms with van der Waals surface area (Å²) in [6.07, 6.45) is 0.512. The first-order valence-electron chi connectivity index (χ1n) is 10.4. The van der Waals surface area contributed by atoms with Gasteiger partial charge in [-0.3, -0.25) is 4.79 Å². The minimum absolute atomic E-state index is 0.293. The lowest BCUT2D eigenvalue weighted by Gasteiger charge is -2.34. The summed E-state index contributed by atoms with van der Waals surface area (Å²) in [6, 6.07) is 6.46. The number of hydrogen-bond acceptors (Lipinski definition) is 7. The highest BCUT2D eigenvalue weighted by Gasteiger charge is 2.50. The molecule has 7 nitrogen and oxygen atoms in total. The molecule has 0 saturated carbocycles. The van der Waals surface area contributed by atoms with Gasteiger partial charge < -0.3 is 18.6 Å². The van der Waals surface area contributed by atoms with Gasteiger partial charge in [-0.05, 0) is 52.3 Å². The number of esters is 2. The summed E-state index contributed by atoms with van der Waals surface area (Å²) in [6.45, 7) is 10.5. The third-order valence-corrected chi connectivity index (χ3v) is 5.66. The summed E-state index contributed by atoms with van der Waals surface area (Å²) >= 11 is 0. The first-order valence-corrected chi connectivity index (χ1v) is 10.4. The van der Waals surface area contributed by atoms with Crippen LogP contribution >= 0.6 is 0 Å². The zero-order chi connectivity index (χ0) is 22.9. The zero-order valence-corrected chi connectivity index (χ0v) is 18.7. The van der Waals surface area contributed by atoms with Crippen LogP contribution in [0.5, 0.6) is 5.75 Å². The van der Waals surface area contributed by atoms with Gasteiger partial charge in [-0.25, -0.2) is 9.59 Å². The second kappa shape index (κ2) is 8.57. The van der Waals surface area contributed by atoms with Crippen molar-refractivity contribution in [1.29, 1.82) is 0 Å². The molecule has 0 amide bonds. The summed E-state index contributed by atoms with van der Waals surface area (Å²) < 4.78 is 23.2. The molecule has 31 heavy (non-hydrogen) atoms. The maximum Gasteiger partial charge on any atom is 0.336 e. The van der Waals surface area contributed by atoms with E-state index in [4.69, 9.17) is 18.6 Å². The van der Waals surface area contributed by atoms with Crippen LogP contribution in [0.1, 0.15) is 59.6 Å². The van der Waals surface area contributed by atoms with E-state index in [1.807, 2.05) is 6.92 Å². The van der Waals surface area contributed by atoms with Crippen molar-refractivity contribution in [2.75, 3.05) is 0 Å². The Labute approximate surface area is 181 Å². The van der Waals surface area contributed by atoms with Crippen LogP contribution in [0.15, 0.2) is 45.1 Å². The second-order valence-corrected chi connectivity index (χ2v) is 8.32. The number of fused-ring (bicyclic) bond motifs is 3. The highest BCUT2D eigenvalue weighted by molar-refractivity contribution is 5.88. The Morgan fingerprint density at radius 2 is 1.90 bits per heavy atom. The van der Waals surface area contributed by atoms with Gasteiger partial charge in [0, 0.05) is 17.0 Å². The van der Waals surface area contributed by atoms with E-state index in [1.54, 1.807) is 58.9 Å². The fourth-order valence-corrected chi connectivity index (χ4v) is 3.39. The SMILES string of the molecule is CC=C(C)C(=O)OC(C)(C)[C@H]1Oc2ccc3ccc(=O)oc3c2[C@H]1OC(=O)C(C)CC. The third-order valence-electron chi connectivity index (χ3n) is 5.66. The van der Waals surface area contributed by atoms with Crippen molar-refractivity contribution in [3.8, 4) is 5.75 Å². The summed E-state index contributed by atoms with van der Waals surface area (Å²) in [5.74, 6) is -0.810. The van der Waals surface area contributed by atoms with Crippen molar-refractivity contribution in [2.45, 2.75) is 65.8 Å². The normalized spacial score (nSPS) is 19.5. The van der Waals surface area contributed by atoms with Crippen LogP contribution in [0.25, 0.3) is 11.0 Å². The molecule has 7 heteroatoms. The van der Waals surface area contributed by atoms with Crippen LogP contribution in [-0.4, -0.2) is 23.6 Å². The molecule has 2 heterocycles. The van der Waals surface area contributed by atoms with Gasteiger partial charge >= 0.3 is 17.6 Å². The lowest BCUT2D eigenvalue weighted by Crippen LogP contribution is -2.47. The van der Waals surface area contributed by atoms with E-state index in [-0.39, 0.29) is 5.92 Å². The average molecular weight is 428 g/mol. The molecule has 3 rings (SSSR count). The van der Waals surface area contributed by atoms with Gasteiger partial charge in [0.05, 0.1) is 11.5 Å². The molecule has 0 saturated heterocycles. The van der Waals surface area contributed by atoms with Gasteiger partial charge in [0.25, 0.3) is 0 Å². The molecule has 1 aromatic carbocycles. The van der Waals surface area contributed by atoms with E-state index in [1.165, 1.54) is 6.07 Å². The number of rotatable bonds is 6. The molecule has 1 unspecified atom stereocenters. The van der Waals surface area contributed by atoms with Gasteiger partial charge in [0.2, 0.25) is 0 Å². The van der Waals surface area contributed by atoms with Crippen molar-refractivity contribution < 1.29 is 28.2 Å². The molecule has 166 valence electrons. The molecule has 0 fully saturated rings. The van der Waals surface area contributed by atoms with E-state index in [0.29, 0.717) is 34.3 Å². The first kappa shape index (κ1) is 22.6. The van der Waals surface area contributed by atoms with Crippen LogP contribution in [-0.2, 0) is 19.1 Å². The molecule has 1 aliphatic rings. The summed E-state index contributed by atoms with van der Waals surface area (Å²) in [5.41, 5.74) is -0.466. The molecule has 0 radical (unpaired) electrons. The monoisotopic (exact) mass is 428 g/mol. The Bertz CT molecular complexity index is 1090. The standard InChI is InChI=1S/C24H28O7/c1-7-13(3)22(26)30-20-18-16(11-9-15-10-12-17(25)29-19(15)18)28-21(20)24(5,6)31-23(27)14(4)8-2/h8-13,20-21H,7H2,1-6H3/t13?,20-,21+/m1/s1. The third kappa shape index (κ3) is 4.36. The number of allylic oxidation sites excluding steroid dienone is 1. The van der Waals surface area contributed by atoms with Crippen molar-refractivity contribution in [2.24, 2.45) is 5.92 Å². The van der Waals surface area contributed by atoms with Crippen molar-refractivity contribution >= 4 is 22.9 Å². The average Bonchev–Trinajstić information content (AvgIpc) is 3.11. The highest BCUT2D eigenvalue weighted by atomic mass is 16.6. The molecule has 1 aromatic heterocycles. The molecular formula is C24H28O7. The lowest BCUT2D eigenvalue weighted by molar-refractivity contribution is -0.176. The van der Waals surface area contributed by atoms with Gasteiger partial charge in [-0.1, -0.05) is 19.9 Å². The van der Waals surface area contributed by atoms with E-state index >= 15 is 0 Å². The molecule has 1 aliphatic heterocycles. The smallest absolute Gasteiger partial charge is 0.336 e. The van der Waals surface area contributed by atoms with E-state index < -0.39 is 35.4 Å². The van der Waals surface area contributed by atoms with Crippen LogP contribution in [0, 0.1) is 5.92 Å². The summed E-state index contributed by atoms with van der Waals surface area (Å²) in [4.78, 5) is 37.1. The van der Waals surface area contributed by atoms with Crippen LogP contribution in [0.3, 0.4) is 0 Å². The second-order valence-electron chi connectivity index (χ2n) is 8.32. The summed E-state index contributed by atoms with van der Waals surface area (Å²) in [7, 11) is 0. The van der Waals surface area contributed by atoms with Gasteiger partial charge in [0.15, 0.2) is 12.2 Å². The van der Waals surface area contributed by atoms with Crippen LogP contribution < -0.4 is 10.4 Å². The maximum absolute atomic E-state index is 12.7. The fourth-order valence-electron chi connectivity index (χ4n) is 3.39. The largest absolute Gasteiger partial charge is 0.481 e. The van der Waals surface area contributed by atoms with Crippen molar-refractivity contribution in [1.82, 2.24) is 0 Å². The zero-order valence-electron chi connectivity index (χ0n) is 18.7. The highest BCUT2D eigenvalue weighted by Crippen LogP contribution is 2.47. The van der Waals surface area contributed by atoms with E-state index in [0.717, 1.165) is 0 Å². The molecule has 2 aromatic rings. The number of carbonyl (C=O) groups excluding carboxylic acids is 2. The predicted octanol–water partition coefficient (Wildman–Crippen LogP) is 4.47. The Kier molecular flexibility index (Phi) is 6.25. The van der Waals surface area contributed by atoms with Crippen LogP contribution in [0.4, 0.5) is 0 Å². The Hall–Kier alpha value is -3.09. The Morgan fingerprint density at radius 3 is 2.55 bits per heavy atom. The first-order chi connectivity index (χ1) is 14.6. The number of benzene rings is 1. The Balaban J connectivity index is 2.09. The number of ether oxygens (including phenoxy) is 3. The van der Waals surface area contributed by atoms with E-state index in [9.17, 15) is 14.4 Å². The Morgan fingerprint density at radius 1 is 1.23 bits per heavy atom. The van der Waals surface area contributed by atoms with Crippen molar-refractivity contribution in [3.63, 3.8) is 0 Å². The molecule has 0 spiro atoms. The minimum atomic E-state index is -1.15.